The number of benzene rings is 1. The maximum absolute atomic E-state index is 11.8. The molecule has 0 saturated heterocycles. The third-order valence-corrected chi connectivity index (χ3v) is 3.64. The van der Waals surface area contributed by atoms with Crippen LogP contribution in [0.2, 0.25) is 0 Å². The van der Waals surface area contributed by atoms with E-state index in [2.05, 4.69) is 18.5 Å². The first-order valence-electron chi connectivity index (χ1n) is 5.59. The van der Waals surface area contributed by atoms with Crippen LogP contribution in [0.5, 0.6) is 0 Å². The van der Waals surface area contributed by atoms with Crippen LogP contribution < -0.4 is 5.32 Å². The second-order valence-corrected chi connectivity index (χ2v) is 5.28. The normalized spacial score (nSPS) is 12.2. The summed E-state index contributed by atoms with van der Waals surface area (Å²) < 4.78 is 0. The van der Waals surface area contributed by atoms with Gasteiger partial charge in [-0.1, -0.05) is 19.1 Å². The molecule has 1 amide bonds. The van der Waals surface area contributed by atoms with Gasteiger partial charge in [0.1, 0.15) is 0 Å². The van der Waals surface area contributed by atoms with Crippen LogP contribution in [0.25, 0.3) is 0 Å². The summed E-state index contributed by atoms with van der Waals surface area (Å²) in [6.45, 7) is 2.85. The van der Waals surface area contributed by atoms with Crippen LogP contribution in [0, 0.1) is 5.92 Å². The Hall–Kier alpha value is -0.670. The summed E-state index contributed by atoms with van der Waals surface area (Å²) in [6.07, 6.45) is 2.07. The van der Waals surface area contributed by atoms with Crippen LogP contribution in [0.4, 0.5) is 0 Å². The average molecular weight is 272 g/mol. The summed E-state index contributed by atoms with van der Waals surface area (Å²) >= 11 is 7.49. The zero-order valence-electron chi connectivity index (χ0n) is 10.2. The van der Waals surface area contributed by atoms with Crippen molar-refractivity contribution in [3.05, 3.63) is 35.4 Å². The molecule has 0 aliphatic heterocycles. The fourth-order valence-corrected chi connectivity index (χ4v) is 2.32. The molecule has 0 spiro atoms. The van der Waals surface area contributed by atoms with Gasteiger partial charge in [0.25, 0.3) is 5.91 Å². The Morgan fingerprint density at radius 2 is 2.06 bits per heavy atom. The first-order valence-corrected chi connectivity index (χ1v) is 7.52. The molecule has 1 aromatic carbocycles. The molecule has 1 aromatic rings. The Bertz CT molecular complexity index is 353. The van der Waals surface area contributed by atoms with Crippen LogP contribution in [0.15, 0.2) is 24.3 Å². The molecule has 0 bridgehead atoms. The van der Waals surface area contributed by atoms with Gasteiger partial charge in [0.2, 0.25) is 0 Å². The van der Waals surface area contributed by atoms with Gasteiger partial charge in [-0.2, -0.15) is 11.8 Å². The molecule has 2 nitrogen and oxygen atoms in total. The average Bonchev–Trinajstić information content (AvgIpc) is 2.36. The van der Waals surface area contributed by atoms with Gasteiger partial charge in [0.15, 0.2) is 0 Å². The van der Waals surface area contributed by atoms with E-state index in [1.807, 2.05) is 24.3 Å². The lowest BCUT2D eigenvalue weighted by molar-refractivity contribution is 0.0949. The lowest BCUT2D eigenvalue weighted by Crippen LogP contribution is -2.29. The van der Waals surface area contributed by atoms with E-state index in [0.717, 1.165) is 17.9 Å². The quantitative estimate of drug-likeness (QED) is 0.806. The van der Waals surface area contributed by atoms with E-state index < -0.39 is 0 Å². The number of alkyl halides is 1. The van der Waals surface area contributed by atoms with Gasteiger partial charge in [0.05, 0.1) is 0 Å². The number of hydrogen-bond donors (Lipinski definition) is 1. The van der Waals surface area contributed by atoms with Gasteiger partial charge >= 0.3 is 0 Å². The fourth-order valence-electron chi connectivity index (χ4n) is 1.46. The first-order chi connectivity index (χ1) is 8.17. The second kappa shape index (κ2) is 7.62. The van der Waals surface area contributed by atoms with Crippen molar-refractivity contribution < 1.29 is 4.79 Å². The summed E-state index contributed by atoms with van der Waals surface area (Å²) in [6, 6.07) is 7.39. The summed E-state index contributed by atoms with van der Waals surface area (Å²) in [7, 11) is 0. The van der Waals surface area contributed by atoms with Crippen molar-refractivity contribution in [2.45, 2.75) is 12.8 Å². The second-order valence-electron chi connectivity index (χ2n) is 4.10. The van der Waals surface area contributed by atoms with Gasteiger partial charge in [-0.3, -0.25) is 4.79 Å². The van der Waals surface area contributed by atoms with Crippen LogP contribution in [-0.4, -0.2) is 24.5 Å². The molecule has 94 valence electrons. The molecule has 0 radical (unpaired) electrons. The van der Waals surface area contributed by atoms with Gasteiger partial charge in [-0.15, -0.1) is 11.6 Å². The molecule has 1 rings (SSSR count). The van der Waals surface area contributed by atoms with Crippen molar-refractivity contribution >= 4 is 29.3 Å². The zero-order chi connectivity index (χ0) is 12.7. The minimum Gasteiger partial charge on any atom is -0.352 e. The molecule has 0 aliphatic carbocycles. The Morgan fingerprint density at radius 3 is 2.59 bits per heavy atom. The Kier molecular flexibility index (Phi) is 6.45. The zero-order valence-corrected chi connectivity index (χ0v) is 11.8. The van der Waals surface area contributed by atoms with Crippen LogP contribution in [-0.2, 0) is 5.88 Å². The number of thioether (sulfide) groups is 1. The summed E-state index contributed by atoms with van der Waals surface area (Å²) in [5.74, 6) is 2.02. The van der Waals surface area contributed by atoms with Crippen molar-refractivity contribution in [1.82, 2.24) is 5.32 Å². The topological polar surface area (TPSA) is 29.1 Å². The van der Waals surface area contributed by atoms with Crippen molar-refractivity contribution in [2.75, 3.05) is 18.6 Å². The number of carbonyl (C=O) groups excluding carboxylic acids is 1. The molecule has 0 aromatic heterocycles. The number of amides is 1. The Morgan fingerprint density at radius 1 is 1.41 bits per heavy atom. The highest BCUT2D eigenvalue weighted by Gasteiger charge is 2.07. The summed E-state index contributed by atoms with van der Waals surface area (Å²) in [5.41, 5.74) is 1.72. The van der Waals surface area contributed by atoms with Crippen LogP contribution in [0.1, 0.15) is 22.8 Å². The first kappa shape index (κ1) is 14.4. The van der Waals surface area contributed by atoms with Gasteiger partial charge in [-0.25, -0.2) is 0 Å². The largest absolute Gasteiger partial charge is 0.352 e. The summed E-state index contributed by atoms with van der Waals surface area (Å²) in [4.78, 5) is 11.8. The molecule has 1 N–H and O–H groups in total. The predicted molar refractivity (Wildman–Crippen MR) is 75.9 cm³/mol. The molecule has 0 saturated carbocycles. The summed E-state index contributed by atoms with van der Waals surface area (Å²) in [5, 5.41) is 2.94. The smallest absolute Gasteiger partial charge is 0.251 e. The maximum Gasteiger partial charge on any atom is 0.251 e. The van der Waals surface area contributed by atoms with Gasteiger partial charge < -0.3 is 5.32 Å². The molecule has 0 aliphatic rings. The number of rotatable bonds is 6. The minimum absolute atomic E-state index is 0.0147. The third-order valence-electron chi connectivity index (χ3n) is 2.43. The van der Waals surface area contributed by atoms with Crippen molar-refractivity contribution in [1.29, 1.82) is 0 Å². The molecular formula is C13H18ClNOS. The molecular weight excluding hydrogens is 254 g/mol. The maximum atomic E-state index is 11.8. The number of hydrogen-bond acceptors (Lipinski definition) is 2. The van der Waals surface area contributed by atoms with Gasteiger partial charge in [-0.05, 0) is 35.6 Å². The van der Waals surface area contributed by atoms with E-state index in [1.165, 1.54) is 0 Å². The Labute approximate surface area is 112 Å². The van der Waals surface area contributed by atoms with E-state index in [9.17, 15) is 4.79 Å². The third kappa shape index (κ3) is 5.00. The van der Waals surface area contributed by atoms with E-state index in [1.54, 1.807) is 11.8 Å². The monoisotopic (exact) mass is 271 g/mol. The number of nitrogens with one attached hydrogen (secondary N) is 1. The van der Waals surface area contributed by atoms with Gasteiger partial charge in [0, 0.05) is 18.0 Å². The molecule has 1 atom stereocenters. The highest BCUT2D eigenvalue weighted by atomic mass is 35.5. The fraction of sp³-hybridized carbons (Fsp3) is 0.462. The highest BCUT2D eigenvalue weighted by molar-refractivity contribution is 7.98. The molecule has 0 heterocycles. The molecule has 0 fully saturated rings. The van der Waals surface area contributed by atoms with Crippen molar-refractivity contribution in [3.63, 3.8) is 0 Å². The highest BCUT2D eigenvalue weighted by Crippen LogP contribution is 2.07. The minimum atomic E-state index is -0.0147. The van der Waals surface area contributed by atoms with E-state index in [4.69, 9.17) is 11.6 Å². The molecule has 17 heavy (non-hydrogen) atoms. The number of carbonyl (C=O) groups is 1. The number of halogens is 1. The predicted octanol–water partition coefficient (Wildman–Crippen LogP) is 3.15. The molecule has 1 unspecified atom stereocenters. The molecule has 4 heteroatoms. The Balaban J connectivity index is 2.46. The van der Waals surface area contributed by atoms with Crippen LogP contribution in [0.3, 0.4) is 0 Å². The van der Waals surface area contributed by atoms with Crippen LogP contribution >= 0.6 is 23.4 Å². The SMILES string of the molecule is CSCC(C)CNC(=O)c1ccc(CCl)cc1. The van der Waals surface area contributed by atoms with E-state index in [-0.39, 0.29) is 5.91 Å². The standard InChI is InChI=1S/C13H18ClNOS/c1-10(9-17-2)8-15-13(16)12-5-3-11(7-14)4-6-12/h3-6,10H,7-9H2,1-2H3,(H,15,16). The van der Waals surface area contributed by atoms with Crippen molar-refractivity contribution in [2.24, 2.45) is 5.92 Å². The lowest BCUT2D eigenvalue weighted by atomic mass is 10.1. The van der Waals surface area contributed by atoms with Crippen molar-refractivity contribution in [3.8, 4) is 0 Å². The van der Waals surface area contributed by atoms with E-state index >= 15 is 0 Å². The lowest BCUT2D eigenvalue weighted by Gasteiger charge is -2.11. The van der Waals surface area contributed by atoms with E-state index in [0.29, 0.717) is 17.4 Å².